The molecule has 0 spiro atoms. The monoisotopic (exact) mass is 231 g/mol. The second-order valence-electron chi connectivity index (χ2n) is 4.02. The SMILES string of the molecule is CN(CCN)Cc1cn(-c2ccccc2)nn1. The van der Waals surface area contributed by atoms with Crippen LogP contribution in [0.3, 0.4) is 0 Å². The Morgan fingerprint density at radius 2 is 2.06 bits per heavy atom. The molecule has 17 heavy (non-hydrogen) atoms. The summed E-state index contributed by atoms with van der Waals surface area (Å²) in [6, 6.07) is 9.95. The lowest BCUT2D eigenvalue weighted by molar-refractivity contribution is 0.332. The minimum Gasteiger partial charge on any atom is -0.329 e. The summed E-state index contributed by atoms with van der Waals surface area (Å²) in [5.41, 5.74) is 7.47. The number of para-hydroxylation sites is 1. The standard InChI is InChI=1S/C12H17N5/c1-16(8-7-13)9-11-10-17(15-14-11)12-5-3-2-4-6-12/h2-6,10H,7-9,13H2,1H3. The highest BCUT2D eigenvalue weighted by Gasteiger charge is 2.05. The molecule has 5 heteroatoms. The van der Waals surface area contributed by atoms with Crippen molar-refractivity contribution in [2.75, 3.05) is 20.1 Å². The Kier molecular flexibility index (Phi) is 3.85. The molecule has 0 aliphatic heterocycles. The van der Waals surface area contributed by atoms with Gasteiger partial charge in [-0.1, -0.05) is 23.4 Å². The number of benzene rings is 1. The Balaban J connectivity index is 2.06. The van der Waals surface area contributed by atoms with Crippen LogP contribution in [-0.2, 0) is 6.54 Å². The fraction of sp³-hybridized carbons (Fsp3) is 0.333. The molecule has 90 valence electrons. The zero-order valence-corrected chi connectivity index (χ0v) is 9.95. The minimum atomic E-state index is 0.656. The van der Waals surface area contributed by atoms with Crippen LogP contribution in [0.2, 0.25) is 0 Å². The molecule has 0 unspecified atom stereocenters. The fourth-order valence-corrected chi connectivity index (χ4v) is 1.65. The van der Waals surface area contributed by atoms with Gasteiger partial charge in [0.1, 0.15) is 0 Å². The van der Waals surface area contributed by atoms with Crippen molar-refractivity contribution < 1.29 is 0 Å². The Labute approximate surface area is 101 Å². The number of nitrogens with zero attached hydrogens (tertiary/aromatic N) is 4. The van der Waals surface area contributed by atoms with Gasteiger partial charge in [-0.25, -0.2) is 4.68 Å². The first-order valence-electron chi connectivity index (χ1n) is 5.65. The van der Waals surface area contributed by atoms with Gasteiger partial charge in [-0.3, -0.25) is 4.90 Å². The van der Waals surface area contributed by atoms with Gasteiger partial charge < -0.3 is 5.73 Å². The van der Waals surface area contributed by atoms with E-state index in [1.54, 1.807) is 4.68 Å². The quantitative estimate of drug-likeness (QED) is 0.821. The van der Waals surface area contributed by atoms with E-state index in [2.05, 4.69) is 15.2 Å². The lowest BCUT2D eigenvalue weighted by Crippen LogP contribution is -2.25. The average molecular weight is 231 g/mol. The van der Waals surface area contributed by atoms with Crippen LogP contribution in [0.15, 0.2) is 36.5 Å². The zero-order valence-electron chi connectivity index (χ0n) is 9.95. The Hall–Kier alpha value is -1.72. The third-order valence-electron chi connectivity index (χ3n) is 2.50. The maximum atomic E-state index is 5.50. The van der Waals surface area contributed by atoms with Crippen LogP contribution in [0.4, 0.5) is 0 Å². The number of nitrogens with two attached hydrogens (primary N) is 1. The summed E-state index contributed by atoms with van der Waals surface area (Å²) in [7, 11) is 2.02. The topological polar surface area (TPSA) is 60.0 Å². The van der Waals surface area contributed by atoms with Crippen molar-refractivity contribution in [2.24, 2.45) is 5.73 Å². The Morgan fingerprint density at radius 3 is 2.76 bits per heavy atom. The number of hydrogen-bond acceptors (Lipinski definition) is 4. The van der Waals surface area contributed by atoms with Crippen LogP contribution in [-0.4, -0.2) is 40.0 Å². The third-order valence-corrected chi connectivity index (χ3v) is 2.50. The summed E-state index contributed by atoms with van der Waals surface area (Å²) >= 11 is 0. The lowest BCUT2D eigenvalue weighted by atomic mass is 10.3. The van der Waals surface area contributed by atoms with E-state index in [4.69, 9.17) is 5.73 Å². The molecule has 0 bridgehead atoms. The molecular weight excluding hydrogens is 214 g/mol. The number of rotatable bonds is 5. The molecule has 0 saturated heterocycles. The van der Waals surface area contributed by atoms with Crippen molar-refractivity contribution >= 4 is 0 Å². The van der Waals surface area contributed by atoms with E-state index in [-0.39, 0.29) is 0 Å². The van der Waals surface area contributed by atoms with E-state index in [1.165, 1.54) is 0 Å². The smallest absolute Gasteiger partial charge is 0.0971 e. The van der Waals surface area contributed by atoms with Gasteiger partial charge in [-0.2, -0.15) is 0 Å². The van der Waals surface area contributed by atoms with Gasteiger partial charge in [-0.15, -0.1) is 5.10 Å². The minimum absolute atomic E-state index is 0.656. The molecular formula is C12H17N5. The molecule has 2 aromatic rings. The molecule has 1 heterocycles. The third kappa shape index (κ3) is 3.12. The predicted octanol–water partition coefficient (Wildman–Crippen LogP) is 0.658. The second kappa shape index (κ2) is 5.56. The zero-order chi connectivity index (χ0) is 12.1. The van der Waals surface area contributed by atoms with Crippen LogP contribution in [0.1, 0.15) is 5.69 Å². The summed E-state index contributed by atoms with van der Waals surface area (Å²) in [4.78, 5) is 2.12. The fourth-order valence-electron chi connectivity index (χ4n) is 1.65. The highest BCUT2D eigenvalue weighted by molar-refractivity contribution is 5.29. The van der Waals surface area contributed by atoms with Crippen molar-refractivity contribution in [1.82, 2.24) is 19.9 Å². The molecule has 0 atom stereocenters. The van der Waals surface area contributed by atoms with Crippen LogP contribution >= 0.6 is 0 Å². The summed E-state index contributed by atoms with van der Waals surface area (Å²) in [5.74, 6) is 0. The molecule has 0 saturated carbocycles. The molecule has 0 aliphatic carbocycles. The van der Waals surface area contributed by atoms with Crippen LogP contribution in [0.5, 0.6) is 0 Å². The van der Waals surface area contributed by atoms with Crippen molar-refractivity contribution in [3.8, 4) is 5.69 Å². The van der Waals surface area contributed by atoms with E-state index in [9.17, 15) is 0 Å². The van der Waals surface area contributed by atoms with E-state index in [0.29, 0.717) is 6.54 Å². The van der Waals surface area contributed by atoms with Crippen molar-refractivity contribution in [3.05, 3.63) is 42.2 Å². The van der Waals surface area contributed by atoms with Crippen molar-refractivity contribution in [2.45, 2.75) is 6.54 Å². The predicted molar refractivity (Wildman–Crippen MR) is 66.7 cm³/mol. The lowest BCUT2D eigenvalue weighted by Gasteiger charge is -2.12. The molecule has 1 aromatic heterocycles. The van der Waals surface area contributed by atoms with Crippen LogP contribution in [0.25, 0.3) is 5.69 Å². The molecule has 5 nitrogen and oxygen atoms in total. The molecule has 0 fully saturated rings. The molecule has 0 radical (unpaired) electrons. The summed E-state index contributed by atoms with van der Waals surface area (Å²) in [5, 5.41) is 8.25. The normalized spacial score (nSPS) is 11.0. The van der Waals surface area contributed by atoms with Gasteiger partial charge in [0, 0.05) is 19.6 Å². The number of aromatic nitrogens is 3. The molecule has 2 N–H and O–H groups in total. The average Bonchev–Trinajstić information content (AvgIpc) is 2.79. The number of likely N-dealkylation sites (N-methyl/N-ethyl adjacent to an activating group) is 1. The molecule has 2 rings (SSSR count). The maximum absolute atomic E-state index is 5.50. The van der Waals surface area contributed by atoms with Gasteiger partial charge >= 0.3 is 0 Å². The Morgan fingerprint density at radius 1 is 1.29 bits per heavy atom. The summed E-state index contributed by atoms with van der Waals surface area (Å²) < 4.78 is 1.78. The van der Waals surface area contributed by atoms with Gasteiger partial charge in [0.25, 0.3) is 0 Å². The van der Waals surface area contributed by atoms with Crippen LogP contribution in [0, 0.1) is 0 Å². The van der Waals surface area contributed by atoms with Crippen molar-refractivity contribution in [3.63, 3.8) is 0 Å². The Bertz CT molecular complexity index is 451. The van der Waals surface area contributed by atoms with Gasteiger partial charge in [0.15, 0.2) is 0 Å². The van der Waals surface area contributed by atoms with Gasteiger partial charge in [0.2, 0.25) is 0 Å². The maximum Gasteiger partial charge on any atom is 0.0971 e. The van der Waals surface area contributed by atoms with Gasteiger partial charge in [-0.05, 0) is 19.2 Å². The van der Waals surface area contributed by atoms with E-state index >= 15 is 0 Å². The molecule has 0 amide bonds. The number of hydrogen-bond donors (Lipinski definition) is 1. The van der Waals surface area contributed by atoms with Crippen molar-refractivity contribution in [1.29, 1.82) is 0 Å². The van der Waals surface area contributed by atoms with Crippen LogP contribution < -0.4 is 5.73 Å². The first kappa shape index (κ1) is 11.8. The van der Waals surface area contributed by atoms with E-state index in [0.717, 1.165) is 24.5 Å². The first-order chi connectivity index (χ1) is 8.29. The second-order valence-corrected chi connectivity index (χ2v) is 4.02. The highest BCUT2D eigenvalue weighted by atomic mass is 15.4. The summed E-state index contributed by atoms with van der Waals surface area (Å²) in [6.07, 6.45) is 1.95. The van der Waals surface area contributed by atoms with Gasteiger partial charge in [0.05, 0.1) is 17.6 Å². The van der Waals surface area contributed by atoms with E-state index in [1.807, 2.05) is 43.6 Å². The largest absolute Gasteiger partial charge is 0.329 e. The highest BCUT2D eigenvalue weighted by Crippen LogP contribution is 2.06. The first-order valence-corrected chi connectivity index (χ1v) is 5.65. The summed E-state index contributed by atoms with van der Waals surface area (Å²) in [6.45, 7) is 2.28. The molecule has 1 aromatic carbocycles. The molecule has 0 aliphatic rings. The van der Waals surface area contributed by atoms with E-state index < -0.39 is 0 Å².